The standard InChI is InChI=1S/C19H18N4O4/c1-11(20-18(25)12-6-8-27-10-12)17(24)21-13-4-5-15-14(9-13)19(26)23-7-2-3-16(23)22-15/h4-6,8-11H,2-3,7H2,1H3,(H,20,25)(H,21,24)/t11-/m0/s1. The summed E-state index contributed by atoms with van der Waals surface area (Å²) in [7, 11) is 0. The lowest BCUT2D eigenvalue weighted by atomic mass is 10.2. The number of aromatic nitrogens is 2. The summed E-state index contributed by atoms with van der Waals surface area (Å²) in [5.74, 6) is 0.0169. The number of fused-ring (bicyclic) bond motifs is 2. The third-order valence-electron chi connectivity index (χ3n) is 4.61. The Bertz CT molecular complexity index is 1090. The molecule has 0 radical (unpaired) electrons. The quantitative estimate of drug-likeness (QED) is 0.731. The number of nitrogens with one attached hydrogen (secondary N) is 2. The van der Waals surface area contributed by atoms with Crippen molar-refractivity contribution in [1.29, 1.82) is 0 Å². The number of rotatable bonds is 4. The molecule has 0 spiro atoms. The molecule has 27 heavy (non-hydrogen) atoms. The van der Waals surface area contributed by atoms with Crippen molar-refractivity contribution in [3.8, 4) is 0 Å². The van der Waals surface area contributed by atoms with E-state index >= 15 is 0 Å². The molecule has 8 heteroatoms. The van der Waals surface area contributed by atoms with E-state index in [0.717, 1.165) is 18.7 Å². The van der Waals surface area contributed by atoms with Crippen LogP contribution in [0.15, 0.2) is 46.0 Å². The van der Waals surface area contributed by atoms with E-state index in [4.69, 9.17) is 4.42 Å². The molecular formula is C19H18N4O4. The van der Waals surface area contributed by atoms with Crippen LogP contribution in [0.3, 0.4) is 0 Å². The highest BCUT2D eigenvalue weighted by Crippen LogP contribution is 2.18. The highest BCUT2D eigenvalue weighted by Gasteiger charge is 2.19. The zero-order valence-corrected chi connectivity index (χ0v) is 14.7. The predicted molar refractivity (Wildman–Crippen MR) is 98.6 cm³/mol. The van der Waals surface area contributed by atoms with Gasteiger partial charge in [0.25, 0.3) is 11.5 Å². The van der Waals surface area contributed by atoms with E-state index in [9.17, 15) is 14.4 Å². The summed E-state index contributed by atoms with van der Waals surface area (Å²) < 4.78 is 6.54. The van der Waals surface area contributed by atoms with E-state index in [1.807, 2.05) is 0 Å². The first-order valence-electron chi connectivity index (χ1n) is 8.70. The van der Waals surface area contributed by atoms with Gasteiger partial charge in [0, 0.05) is 18.7 Å². The van der Waals surface area contributed by atoms with Crippen LogP contribution >= 0.6 is 0 Å². The molecule has 1 aliphatic rings. The zero-order chi connectivity index (χ0) is 19.0. The highest BCUT2D eigenvalue weighted by atomic mass is 16.3. The Morgan fingerprint density at radius 3 is 2.93 bits per heavy atom. The summed E-state index contributed by atoms with van der Waals surface area (Å²) in [6.07, 6.45) is 4.41. The van der Waals surface area contributed by atoms with Crippen molar-refractivity contribution in [2.45, 2.75) is 32.4 Å². The minimum atomic E-state index is -0.762. The Morgan fingerprint density at radius 2 is 2.15 bits per heavy atom. The molecule has 1 atom stereocenters. The summed E-state index contributed by atoms with van der Waals surface area (Å²) in [6.45, 7) is 2.25. The number of nitrogens with zero attached hydrogens (tertiary/aromatic N) is 2. The predicted octanol–water partition coefficient (Wildman–Crippen LogP) is 1.69. The van der Waals surface area contributed by atoms with Gasteiger partial charge in [-0.25, -0.2) is 4.98 Å². The maximum absolute atomic E-state index is 12.6. The Morgan fingerprint density at radius 1 is 1.30 bits per heavy atom. The topological polar surface area (TPSA) is 106 Å². The molecule has 2 aromatic heterocycles. The van der Waals surface area contributed by atoms with Gasteiger partial charge >= 0.3 is 0 Å². The molecule has 0 bridgehead atoms. The molecule has 0 fully saturated rings. The maximum atomic E-state index is 12.6. The van der Waals surface area contributed by atoms with Crippen LogP contribution in [0.1, 0.15) is 29.5 Å². The van der Waals surface area contributed by atoms with Crippen molar-refractivity contribution < 1.29 is 14.0 Å². The summed E-state index contributed by atoms with van der Waals surface area (Å²) in [5.41, 5.74) is 1.35. The number of amides is 2. The van der Waals surface area contributed by atoms with E-state index in [2.05, 4.69) is 15.6 Å². The number of anilines is 1. The molecule has 2 N–H and O–H groups in total. The molecule has 0 saturated carbocycles. The zero-order valence-electron chi connectivity index (χ0n) is 14.7. The number of aryl methyl sites for hydroxylation is 1. The van der Waals surface area contributed by atoms with Gasteiger partial charge in [-0.15, -0.1) is 0 Å². The van der Waals surface area contributed by atoms with Gasteiger partial charge in [-0.1, -0.05) is 0 Å². The van der Waals surface area contributed by atoms with Gasteiger partial charge in [0.15, 0.2) is 0 Å². The second-order valence-electron chi connectivity index (χ2n) is 6.52. The SMILES string of the molecule is C[C@H](NC(=O)c1ccoc1)C(=O)Nc1ccc2nc3n(c(=O)c2c1)CCC3. The van der Waals surface area contributed by atoms with Crippen LogP contribution in [0.25, 0.3) is 10.9 Å². The Hall–Kier alpha value is -3.42. The lowest BCUT2D eigenvalue weighted by molar-refractivity contribution is -0.117. The van der Waals surface area contributed by atoms with Crippen LogP contribution in [0, 0.1) is 0 Å². The molecule has 1 aromatic carbocycles. The second kappa shape index (κ2) is 6.71. The van der Waals surface area contributed by atoms with E-state index in [1.165, 1.54) is 18.6 Å². The molecular weight excluding hydrogens is 348 g/mol. The van der Waals surface area contributed by atoms with E-state index in [-0.39, 0.29) is 11.5 Å². The minimum absolute atomic E-state index is 0.0927. The average molecular weight is 366 g/mol. The van der Waals surface area contributed by atoms with Crippen molar-refractivity contribution in [2.75, 3.05) is 5.32 Å². The van der Waals surface area contributed by atoms with Gasteiger partial charge in [0.05, 0.1) is 22.7 Å². The third kappa shape index (κ3) is 3.21. The fourth-order valence-electron chi connectivity index (χ4n) is 3.15. The van der Waals surface area contributed by atoms with Crippen molar-refractivity contribution >= 4 is 28.4 Å². The van der Waals surface area contributed by atoms with Gasteiger partial charge in [0.2, 0.25) is 5.91 Å². The largest absolute Gasteiger partial charge is 0.472 e. The number of carbonyl (C=O) groups is 2. The van der Waals surface area contributed by atoms with Crippen molar-refractivity contribution in [3.63, 3.8) is 0 Å². The number of benzene rings is 1. The smallest absolute Gasteiger partial charge is 0.261 e. The third-order valence-corrected chi connectivity index (χ3v) is 4.61. The molecule has 1 aliphatic heterocycles. The molecule has 138 valence electrons. The Balaban J connectivity index is 1.52. The highest BCUT2D eigenvalue weighted by molar-refractivity contribution is 6.01. The molecule has 2 amide bonds. The van der Waals surface area contributed by atoms with E-state index in [0.29, 0.717) is 28.7 Å². The van der Waals surface area contributed by atoms with Crippen LogP contribution in [-0.2, 0) is 17.8 Å². The number of carbonyl (C=O) groups excluding carboxylic acids is 2. The van der Waals surface area contributed by atoms with Crippen molar-refractivity contribution in [2.24, 2.45) is 0 Å². The summed E-state index contributed by atoms with van der Waals surface area (Å²) in [6, 6.07) is 5.80. The number of hydrogen-bond acceptors (Lipinski definition) is 5. The summed E-state index contributed by atoms with van der Waals surface area (Å²) >= 11 is 0. The number of hydrogen-bond donors (Lipinski definition) is 2. The first-order valence-corrected chi connectivity index (χ1v) is 8.70. The van der Waals surface area contributed by atoms with Crippen LogP contribution in [0.2, 0.25) is 0 Å². The first kappa shape index (κ1) is 17.0. The van der Waals surface area contributed by atoms with Gasteiger partial charge in [-0.2, -0.15) is 0 Å². The van der Waals surface area contributed by atoms with Gasteiger partial charge < -0.3 is 15.1 Å². The van der Waals surface area contributed by atoms with Crippen LogP contribution < -0.4 is 16.2 Å². The monoisotopic (exact) mass is 366 g/mol. The van der Waals surface area contributed by atoms with E-state index < -0.39 is 11.9 Å². The van der Waals surface area contributed by atoms with Crippen LogP contribution in [-0.4, -0.2) is 27.4 Å². The fraction of sp³-hybridized carbons (Fsp3) is 0.263. The Labute approximate surface area is 154 Å². The summed E-state index contributed by atoms with van der Waals surface area (Å²) in [4.78, 5) is 41.5. The van der Waals surface area contributed by atoms with Crippen LogP contribution in [0.4, 0.5) is 5.69 Å². The van der Waals surface area contributed by atoms with Crippen LogP contribution in [0.5, 0.6) is 0 Å². The molecule has 4 rings (SSSR count). The summed E-state index contributed by atoms with van der Waals surface area (Å²) in [5, 5.41) is 5.79. The fourth-order valence-corrected chi connectivity index (χ4v) is 3.15. The lowest BCUT2D eigenvalue weighted by Gasteiger charge is -2.14. The molecule has 0 unspecified atom stereocenters. The average Bonchev–Trinajstić information content (AvgIpc) is 3.34. The van der Waals surface area contributed by atoms with E-state index in [1.54, 1.807) is 29.7 Å². The maximum Gasteiger partial charge on any atom is 0.261 e. The van der Waals surface area contributed by atoms with Crippen molar-refractivity contribution in [1.82, 2.24) is 14.9 Å². The van der Waals surface area contributed by atoms with Gasteiger partial charge in [0.1, 0.15) is 18.1 Å². The van der Waals surface area contributed by atoms with Gasteiger partial charge in [-0.3, -0.25) is 19.0 Å². The molecule has 3 aromatic rings. The minimum Gasteiger partial charge on any atom is -0.472 e. The normalized spacial score (nSPS) is 14.0. The van der Waals surface area contributed by atoms with Gasteiger partial charge in [-0.05, 0) is 37.6 Å². The number of furan rings is 1. The molecule has 0 saturated heterocycles. The van der Waals surface area contributed by atoms with Crippen molar-refractivity contribution in [3.05, 3.63) is 58.5 Å². The molecule has 0 aliphatic carbocycles. The second-order valence-corrected chi connectivity index (χ2v) is 6.52. The molecule has 8 nitrogen and oxygen atoms in total. The first-order chi connectivity index (χ1) is 13.0. The lowest BCUT2D eigenvalue weighted by Crippen LogP contribution is -2.41. The Kier molecular flexibility index (Phi) is 4.23. The molecule has 3 heterocycles.